The molecular formula is C13H8BrClINO. The zero-order chi connectivity index (χ0) is 13.1. The summed E-state index contributed by atoms with van der Waals surface area (Å²) in [5.74, 6) is -0.180. The van der Waals surface area contributed by atoms with Crippen molar-refractivity contribution in [3.05, 3.63) is 61.1 Å². The van der Waals surface area contributed by atoms with Crippen molar-refractivity contribution in [1.29, 1.82) is 0 Å². The van der Waals surface area contributed by atoms with Crippen LogP contribution in [0, 0.1) is 3.57 Å². The minimum absolute atomic E-state index is 0.180. The normalized spacial score (nSPS) is 10.2. The minimum Gasteiger partial charge on any atom is -0.321 e. The Morgan fingerprint density at radius 1 is 1.22 bits per heavy atom. The van der Waals surface area contributed by atoms with E-state index in [0.29, 0.717) is 10.6 Å². The van der Waals surface area contributed by atoms with Crippen molar-refractivity contribution in [2.75, 3.05) is 5.32 Å². The predicted octanol–water partition coefficient (Wildman–Crippen LogP) is 4.96. The topological polar surface area (TPSA) is 29.1 Å². The first-order valence-corrected chi connectivity index (χ1v) is 7.34. The zero-order valence-corrected chi connectivity index (χ0v) is 13.6. The van der Waals surface area contributed by atoms with E-state index in [1.807, 2.05) is 30.3 Å². The third-order valence-corrected chi connectivity index (χ3v) is 4.57. The average molecular weight is 436 g/mol. The van der Waals surface area contributed by atoms with E-state index >= 15 is 0 Å². The molecule has 1 N–H and O–H groups in total. The van der Waals surface area contributed by atoms with Crippen LogP contribution >= 0.6 is 50.1 Å². The van der Waals surface area contributed by atoms with Gasteiger partial charge in [0.05, 0.1) is 10.7 Å². The number of amides is 1. The first-order chi connectivity index (χ1) is 8.58. The monoisotopic (exact) mass is 435 g/mol. The van der Waals surface area contributed by atoms with E-state index in [1.54, 1.807) is 12.1 Å². The Morgan fingerprint density at radius 2 is 1.94 bits per heavy atom. The van der Waals surface area contributed by atoms with Crippen LogP contribution in [0.1, 0.15) is 10.4 Å². The summed E-state index contributed by atoms with van der Waals surface area (Å²) in [6.07, 6.45) is 0. The Balaban J connectivity index is 2.22. The highest BCUT2D eigenvalue weighted by Crippen LogP contribution is 2.23. The fourth-order valence-electron chi connectivity index (χ4n) is 1.39. The standard InChI is InChI=1S/C13H8BrClINO/c14-9-3-1-2-4-12(9)17-13(18)8-5-6-11(16)10(15)7-8/h1-7H,(H,17,18). The van der Waals surface area contributed by atoms with Gasteiger partial charge in [0.1, 0.15) is 0 Å². The van der Waals surface area contributed by atoms with Gasteiger partial charge in [0.2, 0.25) is 0 Å². The first-order valence-electron chi connectivity index (χ1n) is 5.09. The molecule has 2 aromatic rings. The van der Waals surface area contributed by atoms with Crippen LogP contribution in [0.5, 0.6) is 0 Å². The zero-order valence-electron chi connectivity index (χ0n) is 9.08. The molecule has 2 aromatic carbocycles. The molecule has 0 bridgehead atoms. The summed E-state index contributed by atoms with van der Waals surface area (Å²) >= 11 is 11.5. The van der Waals surface area contributed by atoms with E-state index in [1.165, 1.54) is 0 Å². The summed E-state index contributed by atoms with van der Waals surface area (Å²) in [6.45, 7) is 0. The molecule has 2 rings (SSSR count). The second-order valence-electron chi connectivity index (χ2n) is 3.56. The van der Waals surface area contributed by atoms with Gasteiger partial charge in [0.15, 0.2) is 0 Å². The van der Waals surface area contributed by atoms with Crippen molar-refractivity contribution >= 4 is 61.7 Å². The number of rotatable bonds is 2. The van der Waals surface area contributed by atoms with Crippen molar-refractivity contribution in [2.24, 2.45) is 0 Å². The molecule has 0 atom stereocenters. The summed E-state index contributed by atoms with van der Waals surface area (Å²) in [5, 5.41) is 3.41. The summed E-state index contributed by atoms with van der Waals surface area (Å²) in [6, 6.07) is 12.7. The summed E-state index contributed by atoms with van der Waals surface area (Å²) in [5.41, 5.74) is 1.27. The van der Waals surface area contributed by atoms with E-state index in [0.717, 1.165) is 13.7 Å². The molecule has 0 unspecified atom stereocenters. The maximum absolute atomic E-state index is 12.0. The fourth-order valence-corrected chi connectivity index (χ4v) is 2.29. The Kier molecular flexibility index (Phi) is 4.64. The van der Waals surface area contributed by atoms with Gasteiger partial charge in [-0.15, -0.1) is 0 Å². The van der Waals surface area contributed by atoms with Crippen LogP contribution in [-0.4, -0.2) is 5.91 Å². The first kappa shape index (κ1) is 13.8. The van der Waals surface area contributed by atoms with Crippen LogP contribution < -0.4 is 5.32 Å². The number of anilines is 1. The third kappa shape index (κ3) is 3.24. The Hall–Kier alpha value is -0.590. The van der Waals surface area contributed by atoms with Gasteiger partial charge in [-0.25, -0.2) is 0 Å². The second kappa shape index (κ2) is 6.04. The molecule has 0 fully saturated rings. The molecule has 0 radical (unpaired) electrons. The summed E-state index contributed by atoms with van der Waals surface area (Å²) in [7, 11) is 0. The lowest BCUT2D eigenvalue weighted by atomic mass is 10.2. The predicted molar refractivity (Wildman–Crippen MR) is 86.3 cm³/mol. The largest absolute Gasteiger partial charge is 0.321 e. The van der Waals surface area contributed by atoms with Crippen LogP contribution in [0.4, 0.5) is 5.69 Å². The molecule has 0 saturated heterocycles. The maximum Gasteiger partial charge on any atom is 0.255 e. The van der Waals surface area contributed by atoms with Gasteiger partial charge in [-0.3, -0.25) is 4.79 Å². The number of hydrogen-bond donors (Lipinski definition) is 1. The molecule has 0 aliphatic heterocycles. The van der Waals surface area contributed by atoms with Gasteiger partial charge in [-0.05, 0) is 68.9 Å². The molecule has 0 spiro atoms. The van der Waals surface area contributed by atoms with Gasteiger partial charge < -0.3 is 5.32 Å². The molecule has 92 valence electrons. The molecule has 0 saturated carbocycles. The van der Waals surface area contributed by atoms with E-state index in [4.69, 9.17) is 11.6 Å². The minimum atomic E-state index is -0.180. The summed E-state index contributed by atoms with van der Waals surface area (Å²) < 4.78 is 1.77. The number of nitrogens with one attached hydrogen (secondary N) is 1. The molecule has 0 heterocycles. The van der Waals surface area contributed by atoms with Gasteiger partial charge in [-0.1, -0.05) is 23.7 Å². The van der Waals surface area contributed by atoms with E-state index < -0.39 is 0 Å². The van der Waals surface area contributed by atoms with E-state index in [-0.39, 0.29) is 5.91 Å². The average Bonchev–Trinajstić information content (AvgIpc) is 2.35. The van der Waals surface area contributed by atoms with E-state index in [9.17, 15) is 4.79 Å². The van der Waals surface area contributed by atoms with Crippen LogP contribution in [0.3, 0.4) is 0 Å². The quantitative estimate of drug-likeness (QED) is 0.663. The molecule has 18 heavy (non-hydrogen) atoms. The SMILES string of the molecule is O=C(Nc1ccccc1Br)c1ccc(I)c(Cl)c1. The van der Waals surface area contributed by atoms with E-state index in [2.05, 4.69) is 43.8 Å². The van der Waals surface area contributed by atoms with Crippen LogP contribution in [0.15, 0.2) is 46.9 Å². The van der Waals surface area contributed by atoms with Gasteiger partial charge in [0.25, 0.3) is 5.91 Å². The smallest absolute Gasteiger partial charge is 0.255 e. The maximum atomic E-state index is 12.0. The molecule has 0 aliphatic carbocycles. The molecule has 5 heteroatoms. The van der Waals surface area contributed by atoms with Crippen LogP contribution in [0.25, 0.3) is 0 Å². The Labute approximate surface area is 132 Å². The number of hydrogen-bond acceptors (Lipinski definition) is 1. The molecule has 1 amide bonds. The lowest BCUT2D eigenvalue weighted by molar-refractivity contribution is 0.102. The van der Waals surface area contributed by atoms with Crippen molar-refractivity contribution in [3.8, 4) is 0 Å². The number of halogens is 3. The molecule has 2 nitrogen and oxygen atoms in total. The highest BCUT2D eigenvalue weighted by Gasteiger charge is 2.09. The number of carbonyl (C=O) groups excluding carboxylic acids is 1. The van der Waals surface area contributed by atoms with Gasteiger partial charge in [0, 0.05) is 13.6 Å². The van der Waals surface area contributed by atoms with Crippen LogP contribution in [-0.2, 0) is 0 Å². The number of benzene rings is 2. The fraction of sp³-hybridized carbons (Fsp3) is 0. The van der Waals surface area contributed by atoms with Crippen molar-refractivity contribution < 1.29 is 4.79 Å². The lowest BCUT2D eigenvalue weighted by Gasteiger charge is -2.07. The number of carbonyl (C=O) groups is 1. The Bertz CT molecular complexity index is 603. The molecule has 0 aliphatic rings. The highest BCUT2D eigenvalue weighted by atomic mass is 127. The van der Waals surface area contributed by atoms with Crippen molar-refractivity contribution in [3.63, 3.8) is 0 Å². The van der Waals surface area contributed by atoms with Gasteiger partial charge in [-0.2, -0.15) is 0 Å². The third-order valence-electron chi connectivity index (χ3n) is 2.30. The molecular weight excluding hydrogens is 428 g/mol. The van der Waals surface area contributed by atoms with Crippen molar-refractivity contribution in [2.45, 2.75) is 0 Å². The lowest BCUT2D eigenvalue weighted by Crippen LogP contribution is -2.12. The van der Waals surface area contributed by atoms with Crippen LogP contribution in [0.2, 0.25) is 5.02 Å². The van der Waals surface area contributed by atoms with Gasteiger partial charge >= 0.3 is 0 Å². The number of para-hydroxylation sites is 1. The van der Waals surface area contributed by atoms with Crippen molar-refractivity contribution in [1.82, 2.24) is 0 Å². The highest BCUT2D eigenvalue weighted by molar-refractivity contribution is 14.1. The molecule has 0 aromatic heterocycles. The second-order valence-corrected chi connectivity index (χ2v) is 5.99. The Morgan fingerprint density at radius 3 is 2.61 bits per heavy atom. The summed E-state index contributed by atoms with van der Waals surface area (Å²) in [4.78, 5) is 12.0.